The SMILES string of the molecule is C=CC(=O)Nc1cc(OC)cc(C(F)(F)F)c1. The second kappa shape index (κ2) is 4.90. The molecule has 92 valence electrons. The Kier molecular flexibility index (Phi) is 3.77. The van der Waals surface area contributed by atoms with E-state index in [2.05, 4.69) is 11.9 Å². The third kappa shape index (κ3) is 3.51. The number of methoxy groups -OCH3 is 1. The highest BCUT2D eigenvalue weighted by Gasteiger charge is 2.31. The Labute approximate surface area is 95.9 Å². The number of carbonyl (C=O) groups is 1. The highest BCUT2D eigenvalue weighted by atomic mass is 19.4. The highest BCUT2D eigenvalue weighted by Crippen LogP contribution is 2.34. The van der Waals surface area contributed by atoms with Gasteiger partial charge in [0.2, 0.25) is 5.91 Å². The molecule has 0 aliphatic rings. The normalized spacial score (nSPS) is 10.8. The van der Waals surface area contributed by atoms with Gasteiger partial charge in [-0.2, -0.15) is 13.2 Å². The third-order valence-electron chi connectivity index (χ3n) is 1.92. The number of hydrogen-bond donors (Lipinski definition) is 1. The van der Waals surface area contributed by atoms with Crippen molar-refractivity contribution in [2.24, 2.45) is 0 Å². The molecule has 0 heterocycles. The van der Waals surface area contributed by atoms with Crippen molar-refractivity contribution in [1.29, 1.82) is 0 Å². The van der Waals surface area contributed by atoms with Gasteiger partial charge >= 0.3 is 6.18 Å². The first-order valence-electron chi connectivity index (χ1n) is 4.56. The molecule has 0 aromatic heterocycles. The van der Waals surface area contributed by atoms with Crippen molar-refractivity contribution < 1.29 is 22.7 Å². The minimum Gasteiger partial charge on any atom is -0.497 e. The monoisotopic (exact) mass is 245 g/mol. The Balaban J connectivity index is 3.14. The molecule has 1 rings (SSSR count). The molecule has 1 N–H and O–H groups in total. The van der Waals surface area contributed by atoms with Crippen molar-refractivity contribution in [2.45, 2.75) is 6.18 Å². The van der Waals surface area contributed by atoms with Crippen LogP contribution >= 0.6 is 0 Å². The van der Waals surface area contributed by atoms with Gasteiger partial charge in [0, 0.05) is 11.8 Å². The first-order chi connectivity index (χ1) is 7.86. The summed E-state index contributed by atoms with van der Waals surface area (Å²) in [4.78, 5) is 11.0. The van der Waals surface area contributed by atoms with Crippen LogP contribution in [0.4, 0.5) is 18.9 Å². The number of nitrogens with one attached hydrogen (secondary N) is 1. The second-order valence-corrected chi connectivity index (χ2v) is 3.14. The summed E-state index contributed by atoms with van der Waals surface area (Å²) in [7, 11) is 1.24. The van der Waals surface area contributed by atoms with E-state index in [4.69, 9.17) is 4.74 Å². The Bertz CT molecular complexity index is 441. The molecule has 0 saturated heterocycles. The molecule has 0 bridgehead atoms. The number of carbonyl (C=O) groups excluding carboxylic acids is 1. The zero-order valence-electron chi connectivity index (χ0n) is 8.97. The first-order valence-corrected chi connectivity index (χ1v) is 4.56. The van der Waals surface area contributed by atoms with E-state index in [1.807, 2.05) is 0 Å². The van der Waals surface area contributed by atoms with Crippen LogP contribution in [0.1, 0.15) is 5.56 Å². The van der Waals surface area contributed by atoms with Crippen molar-refractivity contribution in [1.82, 2.24) is 0 Å². The molecule has 0 aliphatic carbocycles. The molecular weight excluding hydrogens is 235 g/mol. The van der Waals surface area contributed by atoms with Gasteiger partial charge in [-0.25, -0.2) is 0 Å². The predicted octanol–water partition coefficient (Wildman–Crippen LogP) is 2.84. The second-order valence-electron chi connectivity index (χ2n) is 3.14. The van der Waals surface area contributed by atoms with E-state index in [9.17, 15) is 18.0 Å². The van der Waals surface area contributed by atoms with E-state index in [1.165, 1.54) is 13.2 Å². The van der Waals surface area contributed by atoms with Gasteiger partial charge < -0.3 is 10.1 Å². The lowest BCUT2D eigenvalue weighted by Crippen LogP contribution is -2.10. The number of alkyl halides is 3. The quantitative estimate of drug-likeness (QED) is 0.831. The molecule has 0 fully saturated rings. The van der Waals surface area contributed by atoms with Gasteiger partial charge in [0.1, 0.15) is 5.75 Å². The van der Waals surface area contributed by atoms with Crippen LogP contribution in [0.3, 0.4) is 0 Å². The Hall–Kier alpha value is -1.98. The molecule has 1 aromatic carbocycles. The molecule has 0 unspecified atom stereocenters. The minimum atomic E-state index is -4.50. The molecule has 1 aromatic rings. The summed E-state index contributed by atoms with van der Waals surface area (Å²) < 4.78 is 42.3. The van der Waals surface area contributed by atoms with Crippen molar-refractivity contribution in [3.05, 3.63) is 36.4 Å². The summed E-state index contributed by atoms with van der Waals surface area (Å²) in [6.07, 6.45) is -3.53. The first kappa shape index (κ1) is 13.1. The van der Waals surface area contributed by atoms with Gasteiger partial charge in [0.05, 0.1) is 12.7 Å². The Morgan fingerprint density at radius 3 is 2.53 bits per heavy atom. The van der Waals surface area contributed by atoms with E-state index in [0.717, 1.165) is 18.2 Å². The maximum absolute atomic E-state index is 12.5. The topological polar surface area (TPSA) is 38.3 Å². The van der Waals surface area contributed by atoms with Crippen molar-refractivity contribution in [3.8, 4) is 5.75 Å². The van der Waals surface area contributed by atoms with E-state index in [-0.39, 0.29) is 11.4 Å². The van der Waals surface area contributed by atoms with Crippen LogP contribution in [-0.2, 0) is 11.0 Å². The summed E-state index contributed by atoms with van der Waals surface area (Å²) in [6.45, 7) is 3.21. The van der Waals surface area contributed by atoms with Crippen LogP contribution < -0.4 is 10.1 Å². The highest BCUT2D eigenvalue weighted by molar-refractivity contribution is 5.99. The number of anilines is 1. The molecule has 0 aliphatic heterocycles. The zero-order valence-corrected chi connectivity index (χ0v) is 8.97. The average Bonchev–Trinajstić information content (AvgIpc) is 2.27. The van der Waals surface area contributed by atoms with Gasteiger partial charge in [-0.3, -0.25) is 4.79 Å². The summed E-state index contributed by atoms with van der Waals surface area (Å²) in [5, 5.41) is 2.24. The molecule has 0 saturated carbocycles. The minimum absolute atomic E-state index is 0.00146. The summed E-state index contributed by atoms with van der Waals surface area (Å²) in [5.41, 5.74) is -0.891. The van der Waals surface area contributed by atoms with Crippen LogP contribution in [0, 0.1) is 0 Å². The van der Waals surface area contributed by atoms with E-state index in [1.54, 1.807) is 0 Å². The number of halogens is 3. The third-order valence-corrected chi connectivity index (χ3v) is 1.92. The average molecular weight is 245 g/mol. The largest absolute Gasteiger partial charge is 0.497 e. The lowest BCUT2D eigenvalue weighted by molar-refractivity contribution is -0.137. The van der Waals surface area contributed by atoms with Gasteiger partial charge in [-0.1, -0.05) is 6.58 Å². The van der Waals surface area contributed by atoms with Crippen molar-refractivity contribution >= 4 is 11.6 Å². The summed E-state index contributed by atoms with van der Waals surface area (Å²) in [6, 6.07) is 2.96. The fourth-order valence-corrected chi connectivity index (χ4v) is 1.15. The maximum Gasteiger partial charge on any atom is 0.416 e. The number of ether oxygens (including phenoxy) is 1. The summed E-state index contributed by atoms with van der Waals surface area (Å²) in [5.74, 6) is -0.578. The van der Waals surface area contributed by atoms with Gasteiger partial charge in [-0.15, -0.1) is 0 Å². The van der Waals surface area contributed by atoms with E-state index < -0.39 is 17.6 Å². The molecule has 17 heavy (non-hydrogen) atoms. The van der Waals surface area contributed by atoms with Crippen molar-refractivity contribution in [2.75, 3.05) is 12.4 Å². The fourth-order valence-electron chi connectivity index (χ4n) is 1.15. The smallest absolute Gasteiger partial charge is 0.416 e. The predicted molar refractivity (Wildman–Crippen MR) is 56.8 cm³/mol. The molecule has 3 nitrogen and oxygen atoms in total. The van der Waals surface area contributed by atoms with Crippen LogP contribution in [-0.4, -0.2) is 13.0 Å². The van der Waals surface area contributed by atoms with Gasteiger partial charge in [0.25, 0.3) is 0 Å². The number of hydrogen-bond acceptors (Lipinski definition) is 2. The Morgan fingerprint density at radius 2 is 2.06 bits per heavy atom. The molecular formula is C11H10F3NO2. The van der Waals surface area contributed by atoms with E-state index in [0.29, 0.717) is 0 Å². The molecule has 6 heteroatoms. The van der Waals surface area contributed by atoms with Crippen LogP contribution in [0.2, 0.25) is 0 Å². The van der Waals surface area contributed by atoms with Crippen LogP contribution in [0.25, 0.3) is 0 Å². The van der Waals surface area contributed by atoms with Gasteiger partial charge in [0.15, 0.2) is 0 Å². The molecule has 0 atom stereocenters. The molecule has 1 amide bonds. The number of rotatable bonds is 3. The van der Waals surface area contributed by atoms with Crippen LogP contribution in [0.5, 0.6) is 5.75 Å². The maximum atomic E-state index is 12.5. The van der Waals surface area contributed by atoms with E-state index >= 15 is 0 Å². The number of amides is 1. The zero-order chi connectivity index (χ0) is 13.1. The molecule has 0 radical (unpaired) electrons. The van der Waals surface area contributed by atoms with Gasteiger partial charge in [-0.05, 0) is 18.2 Å². The lowest BCUT2D eigenvalue weighted by atomic mass is 10.1. The summed E-state index contributed by atoms with van der Waals surface area (Å²) >= 11 is 0. The molecule has 0 spiro atoms. The number of benzene rings is 1. The standard InChI is InChI=1S/C11H10F3NO2/c1-3-10(16)15-8-4-7(11(12,13)14)5-9(6-8)17-2/h3-6H,1H2,2H3,(H,15,16). The Morgan fingerprint density at radius 1 is 1.41 bits per heavy atom. The van der Waals surface area contributed by atoms with Crippen molar-refractivity contribution in [3.63, 3.8) is 0 Å². The lowest BCUT2D eigenvalue weighted by Gasteiger charge is -2.11. The fraction of sp³-hybridized carbons (Fsp3) is 0.182. The van der Waals surface area contributed by atoms with Crippen LogP contribution in [0.15, 0.2) is 30.9 Å².